The molecule has 5 heteroatoms. The van der Waals surface area contributed by atoms with Crippen molar-refractivity contribution in [1.82, 2.24) is 14.4 Å². The zero-order chi connectivity index (χ0) is 14.8. The van der Waals surface area contributed by atoms with E-state index in [0.717, 1.165) is 42.8 Å². The number of hydrogen-bond donors (Lipinski definition) is 0. The molecule has 2 aliphatic heterocycles. The van der Waals surface area contributed by atoms with Gasteiger partial charge in [0.2, 0.25) is 0 Å². The number of piperidine rings is 1. The van der Waals surface area contributed by atoms with Gasteiger partial charge in [-0.25, -0.2) is 0 Å². The zero-order valence-electron chi connectivity index (χ0n) is 12.7. The van der Waals surface area contributed by atoms with Crippen molar-refractivity contribution < 1.29 is 4.79 Å². The number of nitrogens with zero attached hydrogens (tertiary/aromatic N) is 3. The van der Waals surface area contributed by atoms with E-state index < -0.39 is 0 Å². The molecular formula is C16H24BrN3O. The van der Waals surface area contributed by atoms with Gasteiger partial charge < -0.3 is 9.47 Å². The predicted molar refractivity (Wildman–Crippen MR) is 87.5 cm³/mol. The first kappa shape index (κ1) is 15.1. The first-order valence-electron chi connectivity index (χ1n) is 8.08. The molecular weight excluding hydrogens is 330 g/mol. The Bertz CT molecular complexity index is 514. The van der Waals surface area contributed by atoms with Gasteiger partial charge in [0.1, 0.15) is 5.69 Å². The molecule has 1 amide bonds. The maximum atomic E-state index is 12.8. The fraction of sp³-hybridized carbons (Fsp3) is 0.688. The summed E-state index contributed by atoms with van der Waals surface area (Å²) in [5.41, 5.74) is 0.827. The summed E-state index contributed by atoms with van der Waals surface area (Å²) in [5, 5.41) is 0. The number of hydrogen-bond acceptors (Lipinski definition) is 2. The fourth-order valence-electron chi connectivity index (χ4n) is 3.58. The number of halogens is 1. The molecule has 3 rings (SSSR count). The highest BCUT2D eigenvalue weighted by Gasteiger charge is 2.32. The lowest BCUT2D eigenvalue weighted by atomic mass is 9.99. The van der Waals surface area contributed by atoms with Crippen LogP contribution in [0.2, 0.25) is 0 Å². The Kier molecular flexibility index (Phi) is 4.69. The summed E-state index contributed by atoms with van der Waals surface area (Å²) >= 11 is 3.50. The van der Waals surface area contributed by atoms with Crippen LogP contribution in [0.25, 0.3) is 0 Å². The quantitative estimate of drug-likeness (QED) is 0.835. The van der Waals surface area contributed by atoms with Crippen LogP contribution in [0, 0.1) is 0 Å². The van der Waals surface area contributed by atoms with Gasteiger partial charge in [-0.2, -0.15) is 0 Å². The lowest BCUT2D eigenvalue weighted by Crippen LogP contribution is -2.56. The smallest absolute Gasteiger partial charge is 0.270 e. The fourth-order valence-corrected chi connectivity index (χ4v) is 4.05. The molecule has 2 fully saturated rings. The molecule has 0 aliphatic carbocycles. The first-order chi connectivity index (χ1) is 10.2. The summed E-state index contributed by atoms with van der Waals surface area (Å²) in [7, 11) is 0. The van der Waals surface area contributed by atoms with Gasteiger partial charge in [0.25, 0.3) is 5.91 Å². The van der Waals surface area contributed by atoms with Crippen LogP contribution >= 0.6 is 15.9 Å². The molecule has 1 atom stereocenters. The van der Waals surface area contributed by atoms with Crippen molar-refractivity contribution in [1.29, 1.82) is 0 Å². The Balaban J connectivity index is 1.73. The van der Waals surface area contributed by atoms with Crippen LogP contribution in [0.3, 0.4) is 0 Å². The van der Waals surface area contributed by atoms with Crippen LogP contribution in [0.4, 0.5) is 0 Å². The topological polar surface area (TPSA) is 28.5 Å². The molecule has 0 bridgehead atoms. The van der Waals surface area contributed by atoms with Gasteiger partial charge in [0.05, 0.1) is 0 Å². The Labute approximate surface area is 135 Å². The molecule has 116 valence electrons. The highest BCUT2D eigenvalue weighted by molar-refractivity contribution is 9.10. The first-order valence-corrected chi connectivity index (χ1v) is 8.87. The van der Waals surface area contributed by atoms with E-state index in [9.17, 15) is 4.79 Å². The molecule has 0 spiro atoms. The minimum atomic E-state index is 0.194. The summed E-state index contributed by atoms with van der Waals surface area (Å²) in [6.07, 6.45) is 6.92. The van der Waals surface area contributed by atoms with E-state index in [-0.39, 0.29) is 5.91 Å². The summed E-state index contributed by atoms with van der Waals surface area (Å²) in [5.74, 6) is 0.194. The lowest BCUT2D eigenvalue weighted by molar-refractivity contribution is 0.0365. The van der Waals surface area contributed by atoms with E-state index in [1.165, 1.54) is 25.8 Å². The highest BCUT2D eigenvalue weighted by atomic mass is 79.9. The van der Waals surface area contributed by atoms with E-state index in [0.29, 0.717) is 6.04 Å². The Hall–Kier alpha value is -0.810. The minimum absolute atomic E-state index is 0.194. The molecule has 2 saturated heterocycles. The number of piperazine rings is 1. The molecule has 3 heterocycles. The standard InChI is InChI=1S/C16H24BrN3O/c1-2-6-19-11-13(17)10-15(19)16(21)20-9-8-18-7-4-3-5-14(18)12-20/h10-11,14H,2-9,12H2,1H3. The van der Waals surface area contributed by atoms with E-state index >= 15 is 0 Å². The largest absolute Gasteiger partial charge is 0.342 e. The second-order valence-corrected chi connectivity index (χ2v) is 7.09. The number of aryl methyl sites for hydroxylation is 1. The van der Waals surface area contributed by atoms with Crippen LogP contribution in [-0.4, -0.2) is 52.5 Å². The highest BCUT2D eigenvalue weighted by Crippen LogP contribution is 2.23. The molecule has 0 aromatic carbocycles. The second-order valence-electron chi connectivity index (χ2n) is 6.17. The van der Waals surface area contributed by atoms with Crippen molar-refractivity contribution in [3.05, 3.63) is 22.4 Å². The van der Waals surface area contributed by atoms with Crippen LogP contribution in [-0.2, 0) is 6.54 Å². The number of carbonyl (C=O) groups is 1. The van der Waals surface area contributed by atoms with Crippen LogP contribution in [0.15, 0.2) is 16.7 Å². The number of fused-ring (bicyclic) bond motifs is 1. The maximum Gasteiger partial charge on any atom is 0.270 e. The van der Waals surface area contributed by atoms with E-state index in [2.05, 4.69) is 37.2 Å². The number of rotatable bonds is 3. The number of carbonyl (C=O) groups excluding carboxylic acids is 1. The van der Waals surface area contributed by atoms with Crippen molar-refractivity contribution >= 4 is 21.8 Å². The molecule has 1 aromatic rings. The molecule has 21 heavy (non-hydrogen) atoms. The van der Waals surface area contributed by atoms with Gasteiger partial charge in [-0.05, 0) is 47.8 Å². The average Bonchev–Trinajstić information content (AvgIpc) is 2.87. The minimum Gasteiger partial charge on any atom is -0.342 e. The van der Waals surface area contributed by atoms with Crippen molar-refractivity contribution in [2.45, 2.75) is 45.2 Å². The molecule has 2 aliphatic rings. The normalized spacial score (nSPS) is 23.1. The van der Waals surface area contributed by atoms with Crippen molar-refractivity contribution in [2.24, 2.45) is 0 Å². The zero-order valence-corrected chi connectivity index (χ0v) is 14.3. The Morgan fingerprint density at radius 3 is 3.00 bits per heavy atom. The van der Waals surface area contributed by atoms with Gasteiger partial charge >= 0.3 is 0 Å². The monoisotopic (exact) mass is 353 g/mol. The summed E-state index contributed by atoms with van der Waals surface area (Å²) in [4.78, 5) is 17.5. The molecule has 0 N–H and O–H groups in total. The van der Waals surface area contributed by atoms with E-state index in [1.54, 1.807) is 0 Å². The van der Waals surface area contributed by atoms with Gasteiger partial charge in [0, 0.05) is 42.9 Å². The van der Waals surface area contributed by atoms with Crippen molar-refractivity contribution in [3.63, 3.8) is 0 Å². The van der Waals surface area contributed by atoms with Crippen LogP contribution in [0.5, 0.6) is 0 Å². The van der Waals surface area contributed by atoms with E-state index in [1.807, 2.05) is 12.3 Å². The maximum absolute atomic E-state index is 12.8. The molecule has 1 aromatic heterocycles. The third kappa shape index (κ3) is 3.19. The number of amides is 1. The third-order valence-corrected chi connectivity index (χ3v) is 5.11. The van der Waals surface area contributed by atoms with Crippen molar-refractivity contribution in [3.8, 4) is 0 Å². The van der Waals surface area contributed by atoms with E-state index in [4.69, 9.17) is 0 Å². The van der Waals surface area contributed by atoms with Crippen LogP contribution < -0.4 is 0 Å². The van der Waals surface area contributed by atoms with Gasteiger partial charge in [-0.1, -0.05) is 13.3 Å². The Morgan fingerprint density at radius 1 is 1.33 bits per heavy atom. The average molecular weight is 354 g/mol. The van der Waals surface area contributed by atoms with Gasteiger partial charge in [-0.15, -0.1) is 0 Å². The molecule has 1 unspecified atom stereocenters. The summed E-state index contributed by atoms with van der Waals surface area (Å²) in [6, 6.07) is 2.54. The Morgan fingerprint density at radius 2 is 2.19 bits per heavy atom. The third-order valence-electron chi connectivity index (χ3n) is 4.67. The predicted octanol–water partition coefficient (Wildman–Crippen LogP) is 2.97. The molecule has 4 nitrogen and oxygen atoms in total. The lowest BCUT2D eigenvalue weighted by Gasteiger charge is -2.44. The molecule has 0 saturated carbocycles. The van der Waals surface area contributed by atoms with Gasteiger partial charge in [-0.3, -0.25) is 9.69 Å². The number of aromatic nitrogens is 1. The summed E-state index contributed by atoms with van der Waals surface area (Å²) in [6.45, 7) is 7.05. The molecule has 0 radical (unpaired) electrons. The van der Waals surface area contributed by atoms with Crippen molar-refractivity contribution in [2.75, 3.05) is 26.2 Å². The summed E-state index contributed by atoms with van der Waals surface area (Å²) < 4.78 is 3.08. The second kappa shape index (κ2) is 6.53. The van der Waals surface area contributed by atoms with Crippen LogP contribution in [0.1, 0.15) is 43.1 Å². The SMILES string of the molecule is CCCn1cc(Br)cc1C(=O)N1CCN2CCCCC2C1. The van der Waals surface area contributed by atoms with Gasteiger partial charge in [0.15, 0.2) is 0 Å².